The SMILES string of the molecule is Cc1ccc(OCCC(=O)N[C@@H](Cc2coc3ccccc23)B2O[C@@H]3C[C@@H]4C[C@@H](C4(C)C)[C@]3(C)O2)cc1. The van der Waals surface area contributed by atoms with E-state index in [-0.39, 0.29) is 35.4 Å². The monoisotopic (exact) mass is 501 g/mol. The fourth-order valence-corrected chi connectivity index (χ4v) is 6.89. The van der Waals surface area contributed by atoms with Gasteiger partial charge in [-0.1, -0.05) is 49.7 Å². The highest BCUT2D eigenvalue weighted by atomic mass is 16.7. The lowest BCUT2D eigenvalue weighted by Gasteiger charge is -2.64. The number of benzene rings is 2. The van der Waals surface area contributed by atoms with E-state index < -0.39 is 7.12 Å². The van der Waals surface area contributed by atoms with Crippen LogP contribution < -0.4 is 10.1 Å². The van der Waals surface area contributed by atoms with Crippen molar-refractivity contribution >= 4 is 24.0 Å². The third-order valence-electron chi connectivity index (χ3n) is 9.26. The molecule has 2 aromatic carbocycles. The standard InChI is InChI=1S/C30H36BNO5/c1-19-9-11-22(12-10-19)34-14-13-28(33)32-27(15-20-18-35-24-8-6-5-7-23(20)24)31-36-26-17-21-16-25(29(21,2)3)30(26,4)37-31/h5-12,18,21,25-27H,13-17H2,1-4H3,(H,32,33)/t21-,25-,26+,27-,30-/m0/s1. The average Bonchev–Trinajstić information content (AvgIpc) is 3.45. The molecule has 1 N–H and O–H groups in total. The number of fused-ring (bicyclic) bond motifs is 1. The summed E-state index contributed by atoms with van der Waals surface area (Å²) in [6, 6.07) is 15.8. The zero-order valence-electron chi connectivity index (χ0n) is 22.2. The summed E-state index contributed by atoms with van der Waals surface area (Å²) in [5.74, 6) is 1.48. The van der Waals surface area contributed by atoms with Crippen LogP contribution in [0.4, 0.5) is 0 Å². The molecule has 1 aliphatic heterocycles. The number of aryl methyl sites for hydroxylation is 1. The second-order valence-electron chi connectivity index (χ2n) is 11.9. The molecule has 0 unspecified atom stereocenters. The van der Waals surface area contributed by atoms with Gasteiger partial charge >= 0.3 is 7.12 Å². The Kier molecular flexibility index (Phi) is 6.11. The molecule has 0 radical (unpaired) electrons. The first-order valence-electron chi connectivity index (χ1n) is 13.5. The van der Waals surface area contributed by atoms with E-state index in [1.54, 1.807) is 6.26 Å². The Balaban J connectivity index is 1.17. The largest absolute Gasteiger partial charge is 0.493 e. The summed E-state index contributed by atoms with van der Waals surface area (Å²) in [6.45, 7) is 9.26. The first-order chi connectivity index (χ1) is 17.7. The van der Waals surface area contributed by atoms with Gasteiger partial charge in [-0.2, -0.15) is 0 Å². The molecule has 37 heavy (non-hydrogen) atoms. The molecule has 7 rings (SSSR count). The van der Waals surface area contributed by atoms with Gasteiger partial charge in [-0.15, -0.1) is 0 Å². The number of hydrogen-bond donors (Lipinski definition) is 1. The molecule has 4 aliphatic rings. The molecular weight excluding hydrogens is 465 g/mol. The van der Waals surface area contributed by atoms with Crippen molar-refractivity contribution in [3.63, 3.8) is 0 Å². The number of carbonyl (C=O) groups excluding carboxylic acids is 1. The maximum Gasteiger partial charge on any atom is 0.482 e. The van der Waals surface area contributed by atoms with Gasteiger partial charge in [-0.3, -0.25) is 4.79 Å². The van der Waals surface area contributed by atoms with Crippen molar-refractivity contribution in [2.75, 3.05) is 6.61 Å². The number of hydrogen-bond acceptors (Lipinski definition) is 5. The van der Waals surface area contributed by atoms with E-state index in [4.69, 9.17) is 18.5 Å². The Morgan fingerprint density at radius 1 is 1.14 bits per heavy atom. The van der Waals surface area contributed by atoms with Gasteiger partial charge in [0, 0.05) is 5.39 Å². The van der Waals surface area contributed by atoms with Crippen LogP contribution in [-0.2, 0) is 20.5 Å². The predicted octanol–water partition coefficient (Wildman–Crippen LogP) is 5.51. The van der Waals surface area contributed by atoms with Crippen LogP contribution in [0.25, 0.3) is 11.0 Å². The van der Waals surface area contributed by atoms with E-state index in [0.29, 0.717) is 24.9 Å². The number of amides is 1. The fraction of sp³-hybridized carbons (Fsp3) is 0.500. The van der Waals surface area contributed by atoms with Gasteiger partial charge in [-0.05, 0) is 74.1 Å². The number of nitrogens with one attached hydrogen (secondary N) is 1. The van der Waals surface area contributed by atoms with Crippen molar-refractivity contribution in [1.82, 2.24) is 5.32 Å². The zero-order chi connectivity index (χ0) is 25.8. The molecule has 2 heterocycles. The van der Waals surface area contributed by atoms with Gasteiger partial charge in [0.05, 0.1) is 36.9 Å². The summed E-state index contributed by atoms with van der Waals surface area (Å²) >= 11 is 0. The van der Waals surface area contributed by atoms with Gasteiger partial charge in [0.25, 0.3) is 0 Å². The fourth-order valence-electron chi connectivity index (χ4n) is 6.89. The summed E-state index contributed by atoms with van der Waals surface area (Å²) in [6.07, 6.45) is 4.86. The molecule has 0 spiro atoms. The highest BCUT2D eigenvalue weighted by molar-refractivity contribution is 6.48. The van der Waals surface area contributed by atoms with Crippen molar-refractivity contribution in [3.8, 4) is 5.75 Å². The van der Waals surface area contributed by atoms with Crippen molar-refractivity contribution in [2.45, 2.75) is 71.0 Å². The molecular formula is C30H36BNO5. The predicted molar refractivity (Wildman–Crippen MR) is 143 cm³/mol. The summed E-state index contributed by atoms with van der Waals surface area (Å²) in [7, 11) is -0.513. The van der Waals surface area contributed by atoms with E-state index in [1.807, 2.05) is 49.4 Å². The number of rotatable bonds is 8. The van der Waals surface area contributed by atoms with Crippen LogP contribution in [0.2, 0.25) is 0 Å². The summed E-state index contributed by atoms with van der Waals surface area (Å²) in [4.78, 5) is 13.1. The Bertz CT molecular complexity index is 1290. The molecule has 5 atom stereocenters. The number of furan rings is 1. The minimum absolute atomic E-state index is 0.0552. The first kappa shape index (κ1) is 24.6. The molecule has 2 bridgehead atoms. The maximum absolute atomic E-state index is 13.1. The lowest BCUT2D eigenvalue weighted by molar-refractivity contribution is -0.199. The molecule has 7 heteroatoms. The van der Waals surface area contributed by atoms with Crippen LogP contribution >= 0.6 is 0 Å². The Morgan fingerprint density at radius 2 is 1.92 bits per heavy atom. The Labute approximate surface area is 219 Å². The first-order valence-corrected chi connectivity index (χ1v) is 13.5. The van der Waals surface area contributed by atoms with Crippen LogP contribution in [0.1, 0.15) is 51.2 Å². The van der Waals surface area contributed by atoms with Crippen LogP contribution in [0.5, 0.6) is 5.75 Å². The van der Waals surface area contributed by atoms with E-state index in [1.165, 1.54) is 12.0 Å². The molecule has 3 aromatic rings. The normalized spacial score (nSPS) is 28.4. The molecule has 1 aromatic heterocycles. The van der Waals surface area contributed by atoms with E-state index >= 15 is 0 Å². The third kappa shape index (κ3) is 4.36. The van der Waals surface area contributed by atoms with Gasteiger partial charge in [0.15, 0.2) is 0 Å². The lowest BCUT2D eigenvalue weighted by atomic mass is 9.43. The minimum Gasteiger partial charge on any atom is -0.493 e. The highest BCUT2D eigenvalue weighted by Gasteiger charge is 2.68. The van der Waals surface area contributed by atoms with E-state index in [9.17, 15) is 4.79 Å². The van der Waals surface area contributed by atoms with Crippen molar-refractivity contribution in [3.05, 3.63) is 65.9 Å². The summed E-state index contributed by atoms with van der Waals surface area (Å²) < 4.78 is 24.9. The Hall–Kier alpha value is -2.77. The van der Waals surface area contributed by atoms with E-state index in [2.05, 4.69) is 32.2 Å². The number of ether oxygens (including phenoxy) is 1. The lowest BCUT2D eigenvalue weighted by Crippen LogP contribution is -2.65. The molecule has 4 fully saturated rings. The second-order valence-corrected chi connectivity index (χ2v) is 11.9. The minimum atomic E-state index is -0.513. The third-order valence-corrected chi connectivity index (χ3v) is 9.26. The Morgan fingerprint density at radius 3 is 2.70 bits per heavy atom. The van der Waals surface area contributed by atoms with Crippen molar-refractivity contribution in [2.24, 2.45) is 17.3 Å². The average molecular weight is 501 g/mol. The van der Waals surface area contributed by atoms with Crippen LogP contribution in [0.15, 0.2) is 59.2 Å². The zero-order valence-corrected chi connectivity index (χ0v) is 22.2. The maximum atomic E-state index is 13.1. The molecule has 1 amide bonds. The van der Waals surface area contributed by atoms with Crippen LogP contribution in [-0.4, -0.2) is 37.3 Å². The molecule has 3 saturated carbocycles. The summed E-state index contributed by atoms with van der Waals surface area (Å²) in [5.41, 5.74) is 2.97. The van der Waals surface area contributed by atoms with Gasteiger partial charge in [0.1, 0.15) is 11.3 Å². The van der Waals surface area contributed by atoms with Crippen molar-refractivity contribution in [1.29, 1.82) is 0 Å². The molecule has 1 saturated heterocycles. The molecule has 6 nitrogen and oxygen atoms in total. The van der Waals surface area contributed by atoms with Crippen LogP contribution in [0.3, 0.4) is 0 Å². The number of para-hydroxylation sites is 1. The highest BCUT2D eigenvalue weighted by Crippen LogP contribution is 2.65. The quantitative estimate of drug-likeness (QED) is 0.413. The van der Waals surface area contributed by atoms with Crippen molar-refractivity contribution < 1.29 is 23.3 Å². The van der Waals surface area contributed by atoms with Gasteiger partial charge < -0.3 is 23.8 Å². The number of carbonyl (C=O) groups is 1. The molecule has 3 aliphatic carbocycles. The second kappa shape index (κ2) is 9.21. The smallest absolute Gasteiger partial charge is 0.482 e. The topological polar surface area (TPSA) is 69.9 Å². The van der Waals surface area contributed by atoms with Gasteiger partial charge in [0.2, 0.25) is 5.91 Å². The molecule has 194 valence electrons. The van der Waals surface area contributed by atoms with Gasteiger partial charge in [-0.25, -0.2) is 0 Å². The summed E-state index contributed by atoms with van der Waals surface area (Å²) in [5, 5.41) is 4.27. The van der Waals surface area contributed by atoms with E-state index in [0.717, 1.165) is 28.7 Å². The van der Waals surface area contributed by atoms with Crippen LogP contribution in [0, 0.1) is 24.2 Å².